The van der Waals surface area contributed by atoms with Crippen LogP contribution in [0.2, 0.25) is 0 Å². The van der Waals surface area contributed by atoms with E-state index >= 15 is 0 Å². The number of para-hydroxylation sites is 2. The summed E-state index contributed by atoms with van der Waals surface area (Å²) in [5.74, 6) is 0. The van der Waals surface area contributed by atoms with Gasteiger partial charge in [-0.05, 0) is 46.2 Å². The molecule has 5 nitrogen and oxygen atoms in total. The lowest BCUT2D eigenvalue weighted by Crippen LogP contribution is -2.29. The van der Waals surface area contributed by atoms with Crippen LogP contribution in [0.4, 0.5) is 0 Å². The minimum atomic E-state index is -3.72. The van der Waals surface area contributed by atoms with Crippen molar-refractivity contribution in [1.29, 1.82) is 0 Å². The smallest absolute Gasteiger partial charge is 0.257 e. The van der Waals surface area contributed by atoms with Gasteiger partial charge in [0.2, 0.25) is 10.0 Å². The van der Waals surface area contributed by atoms with Gasteiger partial charge in [-0.25, -0.2) is 18.1 Å². The van der Waals surface area contributed by atoms with Crippen molar-refractivity contribution < 1.29 is 12.8 Å². The number of hydrogen-bond acceptors (Lipinski definition) is 5. The molecular formula is C25H18N2O3S2. The van der Waals surface area contributed by atoms with E-state index in [1.807, 2.05) is 42.5 Å². The van der Waals surface area contributed by atoms with Crippen LogP contribution in [-0.4, -0.2) is 13.4 Å². The van der Waals surface area contributed by atoms with Crippen molar-refractivity contribution in [3.63, 3.8) is 0 Å². The van der Waals surface area contributed by atoms with E-state index < -0.39 is 16.1 Å². The fourth-order valence-electron chi connectivity index (χ4n) is 4.34. The van der Waals surface area contributed by atoms with Crippen molar-refractivity contribution in [2.24, 2.45) is 0 Å². The number of nitrogens with zero attached hydrogens (tertiary/aromatic N) is 1. The SMILES string of the molecule is O=S(=O)(N[C@H]1c2cccc3cccc(c23)[C@@H]1Sc1nc2ccccc2o1)c1ccccc1. The molecule has 0 fully saturated rings. The topological polar surface area (TPSA) is 72.2 Å². The van der Waals surface area contributed by atoms with Crippen molar-refractivity contribution in [3.05, 3.63) is 102 Å². The second kappa shape index (κ2) is 7.48. The normalized spacial score (nSPS) is 17.9. The van der Waals surface area contributed by atoms with Crippen LogP contribution in [0, 0.1) is 0 Å². The number of oxazole rings is 1. The summed E-state index contributed by atoms with van der Waals surface area (Å²) in [6.07, 6.45) is 0. The lowest BCUT2D eigenvalue weighted by Gasteiger charge is -2.21. The molecule has 6 rings (SSSR count). The Bertz CT molecular complexity index is 1520. The van der Waals surface area contributed by atoms with Crippen LogP contribution in [0.15, 0.2) is 106 Å². The highest BCUT2D eigenvalue weighted by Crippen LogP contribution is 2.53. The number of rotatable bonds is 5. The third kappa shape index (κ3) is 3.21. The molecular weight excluding hydrogens is 440 g/mol. The lowest BCUT2D eigenvalue weighted by molar-refractivity contribution is 0.485. The Morgan fingerprint density at radius 1 is 0.812 bits per heavy atom. The average molecular weight is 459 g/mol. The highest BCUT2D eigenvalue weighted by Gasteiger charge is 2.38. The van der Waals surface area contributed by atoms with Crippen LogP contribution in [0.5, 0.6) is 0 Å². The molecule has 0 aliphatic heterocycles. The first-order chi connectivity index (χ1) is 15.6. The fourth-order valence-corrected chi connectivity index (χ4v) is 6.86. The molecule has 32 heavy (non-hydrogen) atoms. The highest BCUT2D eigenvalue weighted by molar-refractivity contribution is 7.99. The van der Waals surface area contributed by atoms with Crippen LogP contribution in [0.3, 0.4) is 0 Å². The van der Waals surface area contributed by atoms with E-state index in [-0.39, 0.29) is 10.1 Å². The number of thioether (sulfide) groups is 1. The van der Waals surface area contributed by atoms with Crippen LogP contribution in [0.1, 0.15) is 22.4 Å². The predicted molar refractivity (Wildman–Crippen MR) is 126 cm³/mol. The molecule has 0 amide bonds. The summed E-state index contributed by atoms with van der Waals surface area (Å²) in [6, 6.07) is 27.8. The second-order valence-corrected chi connectivity index (χ2v) is 10.5. The summed E-state index contributed by atoms with van der Waals surface area (Å²) in [6.45, 7) is 0. The van der Waals surface area contributed by atoms with Gasteiger partial charge in [0.05, 0.1) is 16.2 Å². The summed E-state index contributed by atoms with van der Waals surface area (Å²) in [5, 5.41) is 2.47. The number of hydrogen-bond donors (Lipinski definition) is 1. The van der Waals surface area contributed by atoms with E-state index in [0.29, 0.717) is 10.8 Å². The Kier molecular flexibility index (Phi) is 4.57. The number of sulfonamides is 1. The molecule has 1 aliphatic carbocycles. The average Bonchev–Trinajstić information content (AvgIpc) is 3.35. The molecule has 0 saturated heterocycles. The first-order valence-corrected chi connectivity index (χ1v) is 12.6. The Balaban J connectivity index is 1.45. The first kappa shape index (κ1) is 19.5. The van der Waals surface area contributed by atoms with Gasteiger partial charge >= 0.3 is 0 Å². The number of nitrogens with one attached hydrogen (secondary N) is 1. The van der Waals surface area contributed by atoms with E-state index in [1.54, 1.807) is 30.3 Å². The molecule has 0 unspecified atom stereocenters. The van der Waals surface area contributed by atoms with Gasteiger partial charge in [-0.1, -0.05) is 78.5 Å². The number of benzene rings is 4. The molecule has 0 spiro atoms. The fraction of sp³-hybridized carbons (Fsp3) is 0.0800. The van der Waals surface area contributed by atoms with Gasteiger partial charge in [0.15, 0.2) is 5.58 Å². The number of fused-ring (bicyclic) bond motifs is 1. The molecule has 0 saturated carbocycles. The summed E-state index contributed by atoms with van der Waals surface area (Å²) < 4.78 is 35.4. The molecule has 1 N–H and O–H groups in total. The molecule has 0 bridgehead atoms. The van der Waals surface area contributed by atoms with E-state index in [2.05, 4.69) is 27.9 Å². The molecule has 4 aromatic carbocycles. The Labute approximate surface area is 189 Å². The van der Waals surface area contributed by atoms with E-state index in [1.165, 1.54) is 11.8 Å². The first-order valence-electron chi connectivity index (χ1n) is 10.2. The predicted octanol–water partition coefficient (Wildman–Crippen LogP) is 5.85. The van der Waals surface area contributed by atoms with Gasteiger partial charge in [0, 0.05) is 0 Å². The van der Waals surface area contributed by atoms with Crippen LogP contribution < -0.4 is 4.72 Å². The minimum absolute atomic E-state index is 0.220. The van der Waals surface area contributed by atoms with Crippen molar-refractivity contribution in [3.8, 4) is 0 Å². The second-order valence-electron chi connectivity index (χ2n) is 7.69. The molecule has 5 aromatic rings. The Hall–Kier alpha value is -3.13. The van der Waals surface area contributed by atoms with Crippen LogP contribution in [0.25, 0.3) is 21.9 Å². The molecule has 1 heterocycles. The van der Waals surface area contributed by atoms with Crippen molar-refractivity contribution in [1.82, 2.24) is 9.71 Å². The summed E-state index contributed by atoms with van der Waals surface area (Å²) in [5.41, 5.74) is 3.53. The molecule has 7 heteroatoms. The standard InChI is InChI=1S/C25H18N2O3S2/c28-32(29,17-10-2-1-3-11-17)27-23-18-12-6-8-16-9-7-13-19(22(16)18)24(23)31-25-26-20-14-4-5-15-21(20)30-25/h1-15,23-24,27H/t23-,24-/m0/s1. The lowest BCUT2D eigenvalue weighted by atomic mass is 10.1. The van der Waals surface area contributed by atoms with Gasteiger partial charge < -0.3 is 4.42 Å². The largest absolute Gasteiger partial charge is 0.431 e. The molecule has 2 atom stereocenters. The quantitative estimate of drug-likeness (QED) is 0.358. The van der Waals surface area contributed by atoms with E-state index in [9.17, 15) is 8.42 Å². The Morgan fingerprint density at radius 2 is 1.53 bits per heavy atom. The Morgan fingerprint density at radius 3 is 2.31 bits per heavy atom. The summed E-state index contributed by atoms with van der Waals surface area (Å²) in [7, 11) is -3.72. The van der Waals surface area contributed by atoms with Crippen LogP contribution in [-0.2, 0) is 10.0 Å². The van der Waals surface area contributed by atoms with Crippen molar-refractivity contribution >= 4 is 43.7 Å². The van der Waals surface area contributed by atoms with Gasteiger partial charge in [0.25, 0.3) is 5.22 Å². The maximum Gasteiger partial charge on any atom is 0.257 e. The van der Waals surface area contributed by atoms with Crippen molar-refractivity contribution in [2.75, 3.05) is 0 Å². The maximum absolute atomic E-state index is 13.2. The van der Waals surface area contributed by atoms with Gasteiger partial charge in [-0.3, -0.25) is 0 Å². The van der Waals surface area contributed by atoms with Crippen molar-refractivity contribution in [2.45, 2.75) is 21.4 Å². The summed E-state index contributed by atoms with van der Waals surface area (Å²) in [4.78, 5) is 4.86. The monoisotopic (exact) mass is 458 g/mol. The van der Waals surface area contributed by atoms with E-state index in [4.69, 9.17) is 4.42 Å². The molecule has 1 aromatic heterocycles. The van der Waals surface area contributed by atoms with E-state index in [0.717, 1.165) is 27.4 Å². The molecule has 1 aliphatic rings. The molecule has 158 valence electrons. The van der Waals surface area contributed by atoms with Gasteiger partial charge in [0.1, 0.15) is 5.52 Å². The minimum Gasteiger partial charge on any atom is -0.431 e. The third-order valence-corrected chi connectivity index (χ3v) is 8.36. The zero-order valence-corrected chi connectivity index (χ0v) is 18.4. The molecule has 0 radical (unpaired) electrons. The zero-order valence-electron chi connectivity index (χ0n) is 16.8. The van der Waals surface area contributed by atoms with Gasteiger partial charge in [-0.15, -0.1) is 0 Å². The zero-order chi connectivity index (χ0) is 21.7. The van der Waals surface area contributed by atoms with Gasteiger partial charge in [-0.2, -0.15) is 0 Å². The maximum atomic E-state index is 13.2. The van der Waals surface area contributed by atoms with Crippen LogP contribution >= 0.6 is 11.8 Å². The summed E-state index contributed by atoms with van der Waals surface area (Å²) >= 11 is 1.45. The third-order valence-electron chi connectivity index (χ3n) is 5.75. The highest BCUT2D eigenvalue weighted by atomic mass is 32.2. The number of aromatic nitrogens is 1.